The Balaban J connectivity index is 3.23. The Bertz CT molecular complexity index is 554. The molecule has 0 aliphatic carbocycles. The van der Waals surface area contributed by atoms with Gasteiger partial charge in [-0.05, 0) is 32.0 Å². The second kappa shape index (κ2) is 5.58. The van der Waals surface area contributed by atoms with Crippen LogP contribution in [0.4, 0.5) is 5.69 Å². The number of nitrogens with one attached hydrogen (secondary N) is 1. The van der Waals surface area contributed by atoms with Crippen molar-refractivity contribution in [3.05, 3.63) is 28.8 Å². The summed E-state index contributed by atoms with van der Waals surface area (Å²) in [6, 6.07) is 4.26. The molecule has 1 aromatic rings. The maximum absolute atomic E-state index is 11.8. The zero-order valence-electron chi connectivity index (χ0n) is 10.2. The molecule has 1 aromatic carbocycles. The molecule has 100 valence electrons. The number of halogens is 1. The van der Waals surface area contributed by atoms with Crippen molar-refractivity contribution in [3.63, 3.8) is 0 Å². The molecule has 0 fully saturated rings. The zero-order chi connectivity index (χ0) is 13.9. The quantitative estimate of drug-likeness (QED) is 0.864. The Morgan fingerprint density at radius 2 is 2.00 bits per heavy atom. The van der Waals surface area contributed by atoms with E-state index in [1.54, 1.807) is 0 Å². The molecule has 7 heteroatoms. The molecule has 0 aliphatic heterocycles. The van der Waals surface area contributed by atoms with Crippen LogP contribution in [-0.2, 0) is 14.8 Å². The number of hydrogen-bond acceptors (Lipinski definition) is 4. The van der Waals surface area contributed by atoms with Crippen LogP contribution in [0.15, 0.2) is 18.2 Å². The van der Waals surface area contributed by atoms with Crippen molar-refractivity contribution in [1.82, 2.24) is 0 Å². The standard InChI is InChI=1S/C11H14ClNO4S/c1-7(2)18(15,16)13-10-6-8(12)4-5-9(10)11(14)17-3/h4-7,13H,1-3H3. The van der Waals surface area contributed by atoms with Gasteiger partial charge in [-0.1, -0.05) is 11.6 Å². The minimum Gasteiger partial charge on any atom is -0.465 e. The van der Waals surface area contributed by atoms with Crippen LogP contribution in [0.2, 0.25) is 5.02 Å². The summed E-state index contributed by atoms with van der Waals surface area (Å²) < 4.78 is 30.4. The van der Waals surface area contributed by atoms with Crippen molar-refractivity contribution in [2.24, 2.45) is 0 Å². The molecule has 0 saturated heterocycles. The molecular weight excluding hydrogens is 278 g/mol. The molecule has 0 amide bonds. The number of hydrogen-bond donors (Lipinski definition) is 1. The largest absolute Gasteiger partial charge is 0.465 e. The van der Waals surface area contributed by atoms with E-state index in [1.165, 1.54) is 39.2 Å². The summed E-state index contributed by atoms with van der Waals surface area (Å²) in [5.41, 5.74) is 0.231. The fourth-order valence-electron chi connectivity index (χ4n) is 1.16. The summed E-state index contributed by atoms with van der Waals surface area (Å²) >= 11 is 5.79. The Hall–Kier alpha value is -1.27. The van der Waals surface area contributed by atoms with E-state index in [-0.39, 0.29) is 11.3 Å². The molecule has 0 saturated carbocycles. The highest BCUT2D eigenvalue weighted by molar-refractivity contribution is 7.93. The van der Waals surface area contributed by atoms with Crippen LogP contribution < -0.4 is 4.72 Å². The van der Waals surface area contributed by atoms with Gasteiger partial charge in [0.2, 0.25) is 10.0 Å². The van der Waals surface area contributed by atoms with E-state index in [0.29, 0.717) is 5.02 Å². The number of rotatable bonds is 4. The number of ether oxygens (including phenoxy) is 1. The molecule has 0 aromatic heterocycles. The summed E-state index contributed by atoms with van der Waals surface area (Å²) in [6.07, 6.45) is 0. The molecule has 5 nitrogen and oxygen atoms in total. The third kappa shape index (κ3) is 3.36. The van der Waals surface area contributed by atoms with E-state index < -0.39 is 21.2 Å². The van der Waals surface area contributed by atoms with Gasteiger partial charge in [-0.2, -0.15) is 0 Å². The number of methoxy groups -OCH3 is 1. The fraction of sp³-hybridized carbons (Fsp3) is 0.364. The lowest BCUT2D eigenvalue weighted by molar-refractivity contribution is 0.0602. The zero-order valence-corrected chi connectivity index (χ0v) is 11.8. The number of esters is 1. The van der Waals surface area contributed by atoms with Crippen LogP contribution in [0.25, 0.3) is 0 Å². The average molecular weight is 292 g/mol. The molecule has 0 radical (unpaired) electrons. The van der Waals surface area contributed by atoms with Crippen LogP contribution in [-0.4, -0.2) is 26.7 Å². The first-order valence-corrected chi connectivity index (χ1v) is 7.10. The lowest BCUT2D eigenvalue weighted by atomic mass is 10.2. The van der Waals surface area contributed by atoms with Gasteiger partial charge in [-0.25, -0.2) is 13.2 Å². The maximum atomic E-state index is 11.8. The summed E-state index contributed by atoms with van der Waals surface area (Å²) in [5.74, 6) is -0.631. The van der Waals surface area contributed by atoms with Crippen LogP contribution in [0.1, 0.15) is 24.2 Å². The van der Waals surface area contributed by atoms with Gasteiger partial charge in [0.25, 0.3) is 0 Å². The fourth-order valence-corrected chi connectivity index (χ4v) is 2.04. The molecule has 1 rings (SSSR count). The third-order valence-electron chi connectivity index (χ3n) is 2.26. The van der Waals surface area contributed by atoms with Gasteiger partial charge >= 0.3 is 5.97 Å². The predicted octanol–water partition coefficient (Wildman–Crippen LogP) is 2.28. The minimum absolute atomic E-state index is 0.114. The second-order valence-electron chi connectivity index (χ2n) is 3.88. The average Bonchev–Trinajstić information content (AvgIpc) is 2.27. The van der Waals surface area contributed by atoms with Crippen LogP contribution in [0.3, 0.4) is 0 Å². The van der Waals surface area contributed by atoms with Gasteiger partial charge in [0.05, 0.1) is 23.6 Å². The van der Waals surface area contributed by atoms with Crippen LogP contribution in [0, 0.1) is 0 Å². The van der Waals surface area contributed by atoms with E-state index in [0.717, 1.165) is 0 Å². The lowest BCUT2D eigenvalue weighted by Crippen LogP contribution is -2.23. The number of anilines is 1. The van der Waals surface area contributed by atoms with E-state index in [4.69, 9.17) is 11.6 Å². The van der Waals surface area contributed by atoms with Crippen LogP contribution >= 0.6 is 11.6 Å². The summed E-state index contributed by atoms with van der Waals surface area (Å²) in [7, 11) is -2.33. The molecule has 0 aliphatic rings. The van der Waals surface area contributed by atoms with Crippen molar-refractivity contribution in [2.45, 2.75) is 19.1 Å². The first-order valence-electron chi connectivity index (χ1n) is 5.17. The van der Waals surface area contributed by atoms with Crippen molar-refractivity contribution in [1.29, 1.82) is 0 Å². The van der Waals surface area contributed by atoms with Crippen molar-refractivity contribution < 1.29 is 17.9 Å². The highest BCUT2D eigenvalue weighted by atomic mass is 35.5. The minimum atomic E-state index is -3.55. The molecule has 1 N–H and O–H groups in total. The second-order valence-corrected chi connectivity index (χ2v) is 6.55. The maximum Gasteiger partial charge on any atom is 0.339 e. The van der Waals surface area contributed by atoms with Gasteiger partial charge in [-0.15, -0.1) is 0 Å². The van der Waals surface area contributed by atoms with Gasteiger partial charge in [-0.3, -0.25) is 4.72 Å². The molecule has 0 bridgehead atoms. The van der Waals surface area contributed by atoms with Gasteiger partial charge in [0, 0.05) is 5.02 Å². The van der Waals surface area contributed by atoms with E-state index in [9.17, 15) is 13.2 Å². The predicted molar refractivity (Wildman–Crippen MR) is 70.5 cm³/mol. The monoisotopic (exact) mass is 291 g/mol. The first kappa shape index (κ1) is 14.8. The summed E-state index contributed by atoms with van der Waals surface area (Å²) in [5, 5.41) is -0.300. The van der Waals surface area contributed by atoms with Crippen LogP contribution in [0.5, 0.6) is 0 Å². The van der Waals surface area contributed by atoms with Gasteiger partial charge < -0.3 is 4.74 Å². The van der Waals surface area contributed by atoms with E-state index >= 15 is 0 Å². The highest BCUT2D eigenvalue weighted by Crippen LogP contribution is 2.23. The Kier molecular flexibility index (Phi) is 4.59. The summed E-state index contributed by atoms with van der Waals surface area (Å²) in [4.78, 5) is 11.5. The molecule has 0 heterocycles. The van der Waals surface area contributed by atoms with E-state index in [2.05, 4.69) is 9.46 Å². The van der Waals surface area contributed by atoms with Crippen molar-refractivity contribution >= 4 is 33.3 Å². The highest BCUT2D eigenvalue weighted by Gasteiger charge is 2.20. The third-order valence-corrected chi connectivity index (χ3v) is 4.24. The van der Waals surface area contributed by atoms with Crippen molar-refractivity contribution in [3.8, 4) is 0 Å². The van der Waals surface area contributed by atoms with E-state index in [1.807, 2.05) is 0 Å². The molecular formula is C11H14ClNO4S. The number of benzene rings is 1. The SMILES string of the molecule is COC(=O)c1ccc(Cl)cc1NS(=O)(=O)C(C)C. The Labute approximate surface area is 111 Å². The van der Waals surface area contributed by atoms with Crippen molar-refractivity contribution in [2.75, 3.05) is 11.8 Å². The molecule has 0 unspecified atom stereocenters. The number of sulfonamides is 1. The first-order chi connectivity index (χ1) is 8.27. The normalized spacial score (nSPS) is 11.4. The lowest BCUT2D eigenvalue weighted by Gasteiger charge is -2.13. The Morgan fingerprint density at radius 3 is 2.50 bits per heavy atom. The summed E-state index contributed by atoms with van der Waals surface area (Å²) in [6.45, 7) is 3.06. The molecule has 18 heavy (non-hydrogen) atoms. The van der Waals surface area contributed by atoms with Gasteiger partial charge in [0.15, 0.2) is 0 Å². The molecule has 0 spiro atoms. The number of carbonyl (C=O) groups is 1. The Morgan fingerprint density at radius 1 is 1.39 bits per heavy atom. The van der Waals surface area contributed by atoms with Gasteiger partial charge in [0.1, 0.15) is 0 Å². The molecule has 0 atom stereocenters. The number of carbonyl (C=O) groups excluding carboxylic acids is 1. The smallest absolute Gasteiger partial charge is 0.339 e. The topological polar surface area (TPSA) is 72.5 Å².